The Balaban J connectivity index is 1.43. The van der Waals surface area contributed by atoms with Gasteiger partial charge in [0.1, 0.15) is 11.4 Å². The highest BCUT2D eigenvalue weighted by Crippen LogP contribution is 2.36. The molecule has 0 radical (unpaired) electrons. The number of piperidine rings is 1. The summed E-state index contributed by atoms with van der Waals surface area (Å²) < 4.78 is 41.2. The van der Waals surface area contributed by atoms with Crippen molar-refractivity contribution in [2.24, 2.45) is 5.92 Å². The Hall–Kier alpha value is -3.41. The summed E-state index contributed by atoms with van der Waals surface area (Å²) in [5.41, 5.74) is 0.0986. The van der Waals surface area contributed by atoms with E-state index in [1.54, 1.807) is 29.2 Å². The van der Waals surface area contributed by atoms with E-state index in [4.69, 9.17) is 0 Å². The van der Waals surface area contributed by atoms with Crippen LogP contribution in [-0.2, 0) is 11.0 Å². The molecule has 2 atom stereocenters. The lowest BCUT2D eigenvalue weighted by molar-refractivity contribution is -0.137. The first-order valence-electron chi connectivity index (χ1n) is 13.7. The smallest absolute Gasteiger partial charge is 0.367 e. The van der Waals surface area contributed by atoms with Crippen molar-refractivity contribution in [3.8, 4) is 0 Å². The molecule has 4 rings (SSSR count). The molecular weight excluding hydrogens is 523 g/mol. The van der Waals surface area contributed by atoms with Gasteiger partial charge in [-0.1, -0.05) is 0 Å². The second-order valence-electron chi connectivity index (χ2n) is 11.1. The lowest BCUT2D eigenvalue weighted by atomic mass is 10.0. The Morgan fingerprint density at radius 2 is 1.75 bits per heavy atom. The third-order valence-corrected chi connectivity index (χ3v) is 7.61. The number of likely N-dealkylation sites (tertiary alicyclic amines) is 1. The van der Waals surface area contributed by atoms with Crippen molar-refractivity contribution in [1.29, 1.82) is 0 Å². The number of carbonyl (C=O) groups is 2. The zero-order valence-corrected chi connectivity index (χ0v) is 23.4. The molecule has 0 unspecified atom stereocenters. The number of aromatic nitrogens is 2. The molecule has 3 N–H and O–H groups in total. The van der Waals surface area contributed by atoms with Gasteiger partial charge in [0.25, 0.3) is 5.91 Å². The van der Waals surface area contributed by atoms with Gasteiger partial charge in [-0.25, -0.2) is 4.98 Å². The highest BCUT2D eigenvalue weighted by molar-refractivity contribution is 5.94. The fourth-order valence-corrected chi connectivity index (χ4v) is 5.28. The molecule has 1 aromatic heterocycles. The average molecular weight is 562 g/mol. The number of nitrogens with one attached hydrogen (secondary N) is 3. The summed E-state index contributed by atoms with van der Waals surface area (Å²) in [6.07, 6.45) is -0.476. The summed E-state index contributed by atoms with van der Waals surface area (Å²) in [6.45, 7) is 5.63. The first kappa shape index (κ1) is 29.6. The van der Waals surface area contributed by atoms with E-state index < -0.39 is 11.7 Å². The lowest BCUT2D eigenvalue weighted by Crippen LogP contribution is -2.44. The van der Waals surface area contributed by atoms with Crippen LogP contribution in [-0.4, -0.2) is 76.9 Å². The van der Waals surface area contributed by atoms with Crippen molar-refractivity contribution in [1.82, 2.24) is 25.1 Å². The fourth-order valence-electron chi connectivity index (χ4n) is 5.28. The molecule has 1 aromatic carbocycles. The molecule has 12 heteroatoms. The molecule has 0 bridgehead atoms. The molecular formula is C28H38F3N7O2. The van der Waals surface area contributed by atoms with Crippen molar-refractivity contribution in [2.75, 3.05) is 37.8 Å². The molecule has 2 heterocycles. The van der Waals surface area contributed by atoms with Gasteiger partial charge < -0.3 is 25.8 Å². The Kier molecular flexibility index (Phi) is 9.17. The first-order chi connectivity index (χ1) is 18.9. The molecule has 2 amide bonds. The lowest BCUT2D eigenvalue weighted by Gasteiger charge is -2.35. The minimum atomic E-state index is -4.64. The number of carbonyl (C=O) groups excluding carboxylic acids is 2. The molecule has 1 saturated carbocycles. The molecule has 40 heavy (non-hydrogen) atoms. The molecule has 1 aliphatic carbocycles. The number of hydrogen-bond donors (Lipinski definition) is 3. The van der Waals surface area contributed by atoms with E-state index in [9.17, 15) is 22.8 Å². The van der Waals surface area contributed by atoms with E-state index in [-0.39, 0.29) is 47.6 Å². The number of nitrogens with zero attached hydrogens (tertiary/aromatic N) is 4. The summed E-state index contributed by atoms with van der Waals surface area (Å²) in [7, 11) is 3.89. The van der Waals surface area contributed by atoms with Crippen LogP contribution in [0.1, 0.15) is 61.9 Å². The van der Waals surface area contributed by atoms with Crippen molar-refractivity contribution in [3.05, 3.63) is 41.6 Å². The highest BCUT2D eigenvalue weighted by atomic mass is 19.4. The molecule has 9 nitrogen and oxygen atoms in total. The number of hydrogen-bond acceptors (Lipinski definition) is 7. The molecule has 218 valence electrons. The van der Waals surface area contributed by atoms with Crippen LogP contribution in [0.3, 0.4) is 0 Å². The molecule has 2 aromatic rings. The van der Waals surface area contributed by atoms with Crippen molar-refractivity contribution < 1.29 is 22.8 Å². The standard InChI is InChI=1S/C28H38F3N7O2/c1-17(2)33-25(39)19-7-10-21(15-19)34-24-23(28(29,30)31)16-32-27(36-24)35-20-8-5-18(6-9-20)26(40)38(4)22-11-13-37(3)14-12-22/h5-6,8-9,16-17,19,21-22H,7,10-15H2,1-4H3,(H,33,39)(H2,32,34,35,36)/t19-,21+/m1/s1. The largest absolute Gasteiger partial charge is 0.421 e. The van der Waals surface area contributed by atoms with Gasteiger partial charge in [0.15, 0.2) is 0 Å². The van der Waals surface area contributed by atoms with E-state index in [1.807, 2.05) is 20.9 Å². The summed E-state index contributed by atoms with van der Waals surface area (Å²) in [6, 6.07) is 6.59. The number of alkyl halides is 3. The van der Waals surface area contributed by atoms with Crippen LogP contribution < -0.4 is 16.0 Å². The zero-order valence-electron chi connectivity index (χ0n) is 23.4. The number of rotatable bonds is 8. The van der Waals surface area contributed by atoms with Gasteiger partial charge in [0.05, 0.1) is 0 Å². The molecule has 0 spiro atoms. The minimum absolute atomic E-state index is 0.000823. The van der Waals surface area contributed by atoms with Crippen LogP contribution in [0.4, 0.5) is 30.6 Å². The maximum atomic E-state index is 13.7. The molecule has 1 aliphatic heterocycles. The first-order valence-corrected chi connectivity index (χ1v) is 13.7. The van der Waals surface area contributed by atoms with Gasteiger partial charge in [0.2, 0.25) is 11.9 Å². The minimum Gasteiger partial charge on any atom is -0.367 e. The summed E-state index contributed by atoms with van der Waals surface area (Å²) in [5.74, 6) is -0.750. The maximum absolute atomic E-state index is 13.7. The van der Waals surface area contributed by atoms with Gasteiger partial charge in [-0.2, -0.15) is 18.2 Å². The van der Waals surface area contributed by atoms with Gasteiger partial charge >= 0.3 is 6.18 Å². The normalized spacial score (nSPS) is 20.4. The van der Waals surface area contributed by atoms with E-state index in [0.29, 0.717) is 30.5 Å². The van der Waals surface area contributed by atoms with E-state index >= 15 is 0 Å². The third-order valence-electron chi connectivity index (χ3n) is 7.61. The van der Waals surface area contributed by atoms with Crippen LogP contribution in [0.5, 0.6) is 0 Å². The van der Waals surface area contributed by atoms with E-state index in [1.165, 1.54) is 0 Å². The maximum Gasteiger partial charge on any atom is 0.421 e. The predicted octanol–water partition coefficient (Wildman–Crippen LogP) is 4.51. The fraction of sp³-hybridized carbons (Fsp3) is 0.571. The van der Waals surface area contributed by atoms with Gasteiger partial charge in [-0.3, -0.25) is 9.59 Å². The average Bonchev–Trinajstić information content (AvgIpc) is 3.36. The van der Waals surface area contributed by atoms with Gasteiger partial charge in [-0.15, -0.1) is 0 Å². The topological polar surface area (TPSA) is 102 Å². The van der Waals surface area contributed by atoms with E-state index in [0.717, 1.165) is 32.1 Å². The molecule has 2 aliphatic rings. The monoisotopic (exact) mass is 561 g/mol. The van der Waals surface area contributed by atoms with Crippen LogP contribution in [0.25, 0.3) is 0 Å². The Morgan fingerprint density at radius 3 is 2.38 bits per heavy atom. The molecule has 2 fully saturated rings. The Labute approximate surface area is 232 Å². The summed E-state index contributed by atoms with van der Waals surface area (Å²) >= 11 is 0. The second kappa shape index (κ2) is 12.4. The van der Waals surface area contributed by atoms with Crippen LogP contribution >= 0.6 is 0 Å². The van der Waals surface area contributed by atoms with Crippen molar-refractivity contribution in [3.63, 3.8) is 0 Å². The summed E-state index contributed by atoms with van der Waals surface area (Å²) in [4.78, 5) is 37.4. The van der Waals surface area contributed by atoms with Gasteiger partial charge in [0, 0.05) is 48.5 Å². The highest BCUT2D eigenvalue weighted by Gasteiger charge is 2.37. The molecule has 1 saturated heterocycles. The number of anilines is 3. The van der Waals surface area contributed by atoms with Gasteiger partial charge in [-0.05, 0) is 90.4 Å². The van der Waals surface area contributed by atoms with Crippen LogP contribution in [0.2, 0.25) is 0 Å². The number of benzene rings is 1. The SMILES string of the molecule is CC(C)NC(=O)[C@@H]1CC[C@H](Nc2nc(Nc3ccc(C(=O)N(C)C4CCN(C)CC4)cc3)ncc2C(F)(F)F)C1. The third kappa shape index (κ3) is 7.41. The van der Waals surface area contributed by atoms with Crippen molar-refractivity contribution >= 4 is 29.3 Å². The summed E-state index contributed by atoms with van der Waals surface area (Å²) in [5, 5.41) is 8.71. The van der Waals surface area contributed by atoms with E-state index in [2.05, 4.69) is 37.9 Å². The number of halogens is 3. The number of amides is 2. The Bertz CT molecular complexity index is 1180. The Morgan fingerprint density at radius 1 is 1.07 bits per heavy atom. The zero-order chi connectivity index (χ0) is 29.0. The van der Waals surface area contributed by atoms with Crippen molar-refractivity contribution in [2.45, 2.75) is 70.3 Å². The second-order valence-corrected chi connectivity index (χ2v) is 11.1. The predicted molar refractivity (Wildman–Crippen MR) is 147 cm³/mol. The van der Waals surface area contributed by atoms with Crippen LogP contribution in [0, 0.1) is 5.92 Å². The quantitative estimate of drug-likeness (QED) is 0.436. The van der Waals surface area contributed by atoms with Crippen LogP contribution in [0.15, 0.2) is 30.5 Å².